The molecule has 0 saturated heterocycles. The number of carbonyl (C=O) groups is 2. The van der Waals surface area contributed by atoms with Gasteiger partial charge in [0.25, 0.3) is 0 Å². The Hall–Kier alpha value is -5.97. The number of aliphatic imine (C=N–C) groups is 2. The summed E-state index contributed by atoms with van der Waals surface area (Å²) in [5.41, 5.74) is 1.85. The van der Waals surface area contributed by atoms with Crippen molar-refractivity contribution in [1.29, 1.82) is 0 Å². The molecule has 0 aliphatic rings. The molecule has 0 saturated carbocycles. The van der Waals surface area contributed by atoms with E-state index in [9.17, 15) is 35.1 Å². The van der Waals surface area contributed by atoms with Gasteiger partial charge in [-0.25, -0.2) is 14.3 Å². The molecule has 0 aliphatic heterocycles. The number of para-hydroxylation sites is 2. The summed E-state index contributed by atoms with van der Waals surface area (Å²) < 4.78 is 7.76. The molecule has 53 heavy (non-hydrogen) atoms. The molecule has 0 amide bonds. The van der Waals surface area contributed by atoms with Crippen LogP contribution in [0.2, 0.25) is 10.0 Å². The number of hydrogen-bond donors (Lipinski definition) is 5. The standard InChI is InChI=1S/2C18H14ClN3O4.Co/c1-26-16-12(17(23)22(21-16)11-6-3-2-4-7-11)10-20-14-9-5-8-13(19)15(14)18(24)25;19-13-7-4-8-14(16(13)18(25)26)20-9-12-15(10-23)21-22(17(12)24)11-5-2-1-3-6-11;/h2-10,23H,1H3,(H,24,25);1-9,23-24H,10H2,(H,25,26);. The zero-order valence-corrected chi connectivity index (χ0v) is 29.9. The zero-order chi connectivity index (χ0) is 37.4. The van der Waals surface area contributed by atoms with Gasteiger partial charge >= 0.3 is 11.9 Å². The molecule has 0 bridgehead atoms. The largest absolute Gasteiger partial charge is 0.493 e. The Bertz CT molecular complexity index is 2140. The summed E-state index contributed by atoms with van der Waals surface area (Å²) in [6.45, 7) is -0.421. The maximum atomic E-state index is 11.4. The van der Waals surface area contributed by atoms with Gasteiger partial charge in [0.1, 0.15) is 22.4 Å². The molecule has 6 rings (SSSR count). The summed E-state index contributed by atoms with van der Waals surface area (Å²) >= 11 is 11.9. The topological polar surface area (TPSA) is 205 Å². The average Bonchev–Trinajstić information content (AvgIpc) is 3.64. The van der Waals surface area contributed by atoms with E-state index in [0.29, 0.717) is 11.4 Å². The Kier molecular flexibility index (Phi) is 13.5. The van der Waals surface area contributed by atoms with Gasteiger partial charge in [-0.1, -0.05) is 71.7 Å². The van der Waals surface area contributed by atoms with Crippen molar-refractivity contribution in [1.82, 2.24) is 19.6 Å². The molecule has 0 spiro atoms. The number of aromatic carboxylic acids is 2. The molecule has 0 atom stereocenters. The van der Waals surface area contributed by atoms with E-state index in [1.54, 1.807) is 48.5 Å². The Balaban J connectivity index is 0.000000232. The molecule has 6 aromatic rings. The number of aromatic nitrogens is 4. The maximum Gasteiger partial charge on any atom is 0.339 e. The van der Waals surface area contributed by atoms with E-state index in [-0.39, 0.29) is 83.8 Å². The molecule has 5 N–H and O–H groups in total. The second-order valence-electron chi connectivity index (χ2n) is 10.5. The Morgan fingerprint density at radius 3 is 1.57 bits per heavy atom. The number of halogens is 2. The number of rotatable bonds is 10. The normalized spacial score (nSPS) is 10.9. The molecule has 2 heterocycles. The van der Waals surface area contributed by atoms with Crippen molar-refractivity contribution in [3.8, 4) is 29.0 Å². The number of nitrogens with zero attached hydrogens (tertiary/aromatic N) is 6. The van der Waals surface area contributed by atoms with Gasteiger partial charge in [0.15, 0.2) is 0 Å². The molecule has 0 unspecified atom stereocenters. The number of aliphatic hydroxyl groups excluding tert-OH is 1. The molecule has 2 aromatic heterocycles. The summed E-state index contributed by atoms with van der Waals surface area (Å²) in [5.74, 6) is -2.67. The number of ether oxygens (including phenoxy) is 1. The fourth-order valence-corrected chi connectivity index (χ4v) is 5.31. The van der Waals surface area contributed by atoms with E-state index in [1.807, 2.05) is 24.3 Å². The van der Waals surface area contributed by atoms with Gasteiger partial charge in [0, 0.05) is 29.2 Å². The van der Waals surface area contributed by atoms with Crippen LogP contribution in [0.5, 0.6) is 17.6 Å². The molecule has 17 heteroatoms. The molecule has 0 fully saturated rings. The molecule has 4 aromatic carbocycles. The minimum atomic E-state index is -1.21. The quantitative estimate of drug-likeness (QED) is 0.0911. The molecule has 1 radical (unpaired) electrons. The predicted molar refractivity (Wildman–Crippen MR) is 194 cm³/mol. The monoisotopic (exact) mass is 801 g/mol. The minimum Gasteiger partial charge on any atom is -0.493 e. The minimum absolute atomic E-state index is 0. The summed E-state index contributed by atoms with van der Waals surface area (Å²) in [7, 11) is 1.41. The Labute approximate surface area is 321 Å². The van der Waals surface area contributed by atoms with Crippen LogP contribution in [0.3, 0.4) is 0 Å². The van der Waals surface area contributed by atoms with Crippen molar-refractivity contribution < 1.29 is 56.6 Å². The van der Waals surface area contributed by atoms with Crippen LogP contribution < -0.4 is 4.74 Å². The number of aliphatic hydroxyl groups is 1. The fraction of sp³-hybridized carbons (Fsp3) is 0.0556. The van der Waals surface area contributed by atoms with Gasteiger partial charge in [-0.2, -0.15) is 9.78 Å². The third-order valence-corrected chi connectivity index (χ3v) is 7.89. The van der Waals surface area contributed by atoms with Crippen LogP contribution in [0.25, 0.3) is 11.4 Å². The first-order valence-corrected chi connectivity index (χ1v) is 15.8. The molecular formula is C36H28Cl2CoN6O8. The SMILES string of the molecule is COc1nn(-c2ccccc2)c(O)c1C=Nc1cccc(Cl)c1C(=O)O.O=C(O)c1c(Cl)cccc1N=Cc1c(CO)nn(-c2ccccc2)c1O.[Co]. The van der Waals surface area contributed by atoms with Crippen molar-refractivity contribution in [2.75, 3.05) is 7.11 Å². The van der Waals surface area contributed by atoms with Crippen molar-refractivity contribution in [3.63, 3.8) is 0 Å². The average molecular weight is 802 g/mol. The van der Waals surface area contributed by atoms with Crippen LogP contribution >= 0.6 is 23.2 Å². The van der Waals surface area contributed by atoms with E-state index >= 15 is 0 Å². The second kappa shape index (κ2) is 18.0. The van der Waals surface area contributed by atoms with Gasteiger partial charge in [-0.05, 0) is 48.5 Å². The number of hydrogen-bond acceptors (Lipinski definition) is 10. The second-order valence-corrected chi connectivity index (χ2v) is 11.3. The summed E-state index contributed by atoms with van der Waals surface area (Å²) in [4.78, 5) is 31.0. The Morgan fingerprint density at radius 1 is 0.698 bits per heavy atom. The van der Waals surface area contributed by atoms with Crippen LogP contribution in [0.1, 0.15) is 37.5 Å². The third-order valence-electron chi connectivity index (χ3n) is 7.26. The molecule has 273 valence electrons. The smallest absolute Gasteiger partial charge is 0.339 e. The van der Waals surface area contributed by atoms with E-state index in [2.05, 4.69) is 20.2 Å². The van der Waals surface area contributed by atoms with E-state index in [4.69, 9.17) is 27.9 Å². The van der Waals surface area contributed by atoms with Gasteiger partial charge in [-0.15, -0.1) is 5.10 Å². The van der Waals surface area contributed by atoms with Crippen molar-refractivity contribution in [2.24, 2.45) is 9.98 Å². The van der Waals surface area contributed by atoms with Crippen LogP contribution in [-0.2, 0) is 23.4 Å². The van der Waals surface area contributed by atoms with Gasteiger partial charge < -0.3 is 30.3 Å². The number of carboxylic acids is 2. The van der Waals surface area contributed by atoms with Crippen molar-refractivity contribution in [2.45, 2.75) is 6.61 Å². The van der Waals surface area contributed by atoms with Crippen molar-refractivity contribution in [3.05, 3.63) is 135 Å². The Morgan fingerprint density at radius 2 is 1.13 bits per heavy atom. The first kappa shape index (κ1) is 39.8. The number of carboxylic acid groups (broad SMARTS) is 2. The molecule has 14 nitrogen and oxygen atoms in total. The van der Waals surface area contributed by atoms with E-state index in [0.717, 1.165) is 0 Å². The van der Waals surface area contributed by atoms with Crippen LogP contribution in [0, 0.1) is 0 Å². The first-order chi connectivity index (χ1) is 25.0. The summed E-state index contributed by atoms with van der Waals surface area (Å²) in [6, 6.07) is 27.0. The fourth-order valence-electron chi connectivity index (χ4n) is 4.81. The molecular weight excluding hydrogens is 774 g/mol. The van der Waals surface area contributed by atoms with Crippen LogP contribution in [0.4, 0.5) is 11.4 Å². The number of benzene rings is 4. The maximum absolute atomic E-state index is 11.4. The number of methoxy groups -OCH3 is 1. The third kappa shape index (κ3) is 8.92. The first-order valence-electron chi connectivity index (χ1n) is 15.1. The van der Waals surface area contributed by atoms with Crippen molar-refractivity contribution >= 4 is 58.9 Å². The van der Waals surface area contributed by atoms with E-state index < -0.39 is 18.5 Å². The van der Waals surface area contributed by atoms with Gasteiger partial charge in [0.05, 0.1) is 52.1 Å². The molecule has 0 aliphatic carbocycles. The van der Waals surface area contributed by atoms with E-state index in [1.165, 1.54) is 53.2 Å². The number of aromatic hydroxyl groups is 2. The zero-order valence-electron chi connectivity index (χ0n) is 27.3. The van der Waals surface area contributed by atoms with Gasteiger partial charge in [-0.3, -0.25) is 9.98 Å². The summed E-state index contributed by atoms with van der Waals surface area (Å²) in [6.07, 6.45) is 2.55. The summed E-state index contributed by atoms with van der Waals surface area (Å²) in [5, 5.41) is 57.6. The van der Waals surface area contributed by atoms with Gasteiger partial charge in [0.2, 0.25) is 17.6 Å². The van der Waals surface area contributed by atoms with Crippen LogP contribution in [-0.4, -0.2) is 76.6 Å². The van der Waals surface area contributed by atoms with Crippen LogP contribution in [0.15, 0.2) is 107 Å². The predicted octanol–water partition coefficient (Wildman–Crippen LogP) is 6.86.